The quantitative estimate of drug-likeness (QED) is 0.470. The first-order valence-electron chi connectivity index (χ1n) is 5.82. The standard InChI is InChI=1S/C11H22N2O4/c1-8(2)6-9(7-14)13-11(17)12-5-3-4-10(15)16/h8-9,14H,3-7H2,1-2H3,(H,15,16)(H2,12,13,17). The second-order valence-corrected chi connectivity index (χ2v) is 4.41. The molecule has 0 aliphatic rings. The molecule has 100 valence electrons. The van der Waals surface area contributed by atoms with Gasteiger partial charge in [0, 0.05) is 13.0 Å². The molecular weight excluding hydrogens is 224 g/mol. The summed E-state index contributed by atoms with van der Waals surface area (Å²) in [4.78, 5) is 21.6. The number of aliphatic hydroxyl groups is 1. The first kappa shape index (κ1) is 15.7. The molecule has 6 heteroatoms. The molecule has 17 heavy (non-hydrogen) atoms. The summed E-state index contributed by atoms with van der Waals surface area (Å²) >= 11 is 0. The van der Waals surface area contributed by atoms with Crippen molar-refractivity contribution >= 4 is 12.0 Å². The van der Waals surface area contributed by atoms with Gasteiger partial charge >= 0.3 is 12.0 Å². The predicted octanol–water partition coefficient (Wildman–Crippen LogP) is 0.557. The molecule has 0 aromatic carbocycles. The van der Waals surface area contributed by atoms with Crippen molar-refractivity contribution in [1.29, 1.82) is 0 Å². The highest BCUT2D eigenvalue weighted by atomic mass is 16.4. The molecule has 0 radical (unpaired) electrons. The van der Waals surface area contributed by atoms with E-state index >= 15 is 0 Å². The number of rotatable bonds is 8. The topological polar surface area (TPSA) is 98.7 Å². The van der Waals surface area contributed by atoms with Gasteiger partial charge in [-0.1, -0.05) is 13.8 Å². The Labute approximate surface area is 101 Å². The van der Waals surface area contributed by atoms with E-state index in [1.165, 1.54) is 0 Å². The number of aliphatic carboxylic acids is 1. The molecule has 0 fully saturated rings. The highest BCUT2D eigenvalue weighted by molar-refractivity contribution is 5.74. The van der Waals surface area contributed by atoms with Gasteiger partial charge in [-0.3, -0.25) is 4.79 Å². The van der Waals surface area contributed by atoms with Gasteiger partial charge in [-0.15, -0.1) is 0 Å². The Bertz CT molecular complexity index is 244. The SMILES string of the molecule is CC(C)CC(CO)NC(=O)NCCCC(=O)O. The number of carbonyl (C=O) groups is 2. The third kappa shape index (κ3) is 9.62. The predicted molar refractivity (Wildman–Crippen MR) is 63.7 cm³/mol. The lowest BCUT2D eigenvalue weighted by Crippen LogP contribution is -2.44. The molecule has 2 amide bonds. The molecular formula is C11H22N2O4. The molecule has 0 saturated heterocycles. The summed E-state index contributed by atoms with van der Waals surface area (Å²) in [6.45, 7) is 4.24. The van der Waals surface area contributed by atoms with Crippen molar-refractivity contribution in [3.63, 3.8) is 0 Å². The summed E-state index contributed by atoms with van der Waals surface area (Å²) in [6.07, 6.45) is 1.14. The van der Waals surface area contributed by atoms with Gasteiger partial charge in [0.15, 0.2) is 0 Å². The number of amides is 2. The molecule has 6 nitrogen and oxygen atoms in total. The minimum Gasteiger partial charge on any atom is -0.481 e. The number of nitrogens with one attached hydrogen (secondary N) is 2. The van der Waals surface area contributed by atoms with E-state index in [1.54, 1.807) is 0 Å². The monoisotopic (exact) mass is 246 g/mol. The molecule has 1 unspecified atom stereocenters. The maximum Gasteiger partial charge on any atom is 0.315 e. The van der Waals surface area contributed by atoms with Crippen molar-refractivity contribution in [3.05, 3.63) is 0 Å². The summed E-state index contributed by atoms with van der Waals surface area (Å²) in [5.41, 5.74) is 0. The van der Waals surface area contributed by atoms with Crippen molar-refractivity contribution < 1.29 is 19.8 Å². The number of carboxylic acid groups (broad SMARTS) is 1. The molecule has 1 atom stereocenters. The average Bonchev–Trinajstić information content (AvgIpc) is 2.22. The fourth-order valence-electron chi connectivity index (χ4n) is 1.43. The minimum absolute atomic E-state index is 0.0374. The molecule has 0 bridgehead atoms. The van der Waals surface area contributed by atoms with Crippen LogP contribution in [0.1, 0.15) is 33.1 Å². The second-order valence-electron chi connectivity index (χ2n) is 4.41. The fraction of sp³-hybridized carbons (Fsp3) is 0.818. The third-order valence-electron chi connectivity index (χ3n) is 2.16. The van der Waals surface area contributed by atoms with E-state index in [0.29, 0.717) is 25.3 Å². The van der Waals surface area contributed by atoms with Crippen LogP contribution in [-0.4, -0.2) is 41.4 Å². The number of carboxylic acids is 1. The Morgan fingerprint density at radius 3 is 2.41 bits per heavy atom. The minimum atomic E-state index is -0.875. The second kappa shape index (κ2) is 8.81. The zero-order valence-electron chi connectivity index (χ0n) is 10.4. The lowest BCUT2D eigenvalue weighted by Gasteiger charge is -2.18. The fourth-order valence-corrected chi connectivity index (χ4v) is 1.43. The van der Waals surface area contributed by atoms with Crippen molar-refractivity contribution in [2.24, 2.45) is 5.92 Å². The van der Waals surface area contributed by atoms with E-state index in [0.717, 1.165) is 0 Å². The van der Waals surface area contributed by atoms with E-state index in [9.17, 15) is 9.59 Å². The van der Waals surface area contributed by atoms with Gasteiger partial charge in [-0.2, -0.15) is 0 Å². The van der Waals surface area contributed by atoms with E-state index in [2.05, 4.69) is 10.6 Å². The number of urea groups is 1. The van der Waals surface area contributed by atoms with Crippen molar-refractivity contribution in [2.75, 3.05) is 13.2 Å². The van der Waals surface area contributed by atoms with Crippen LogP contribution < -0.4 is 10.6 Å². The van der Waals surface area contributed by atoms with Gasteiger partial charge in [-0.05, 0) is 18.8 Å². The molecule has 0 aromatic heterocycles. The maximum absolute atomic E-state index is 11.4. The molecule has 0 heterocycles. The largest absolute Gasteiger partial charge is 0.481 e. The molecule has 0 aromatic rings. The molecule has 0 spiro atoms. The molecule has 0 rings (SSSR count). The van der Waals surface area contributed by atoms with Crippen molar-refractivity contribution in [2.45, 2.75) is 39.2 Å². The van der Waals surface area contributed by atoms with Gasteiger partial charge in [-0.25, -0.2) is 4.79 Å². The van der Waals surface area contributed by atoms with E-state index in [1.807, 2.05) is 13.8 Å². The van der Waals surface area contributed by atoms with Gasteiger partial charge in [0.2, 0.25) is 0 Å². The van der Waals surface area contributed by atoms with Crippen LogP contribution in [0.5, 0.6) is 0 Å². The first-order chi connectivity index (χ1) is 7.95. The average molecular weight is 246 g/mol. The van der Waals surface area contributed by atoms with E-state index < -0.39 is 5.97 Å². The normalized spacial score (nSPS) is 12.2. The van der Waals surface area contributed by atoms with Crippen LogP contribution >= 0.6 is 0 Å². The van der Waals surface area contributed by atoms with Crippen LogP contribution in [-0.2, 0) is 4.79 Å². The van der Waals surface area contributed by atoms with Crippen LogP contribution in [0.15, 0.2) is 0 Å². The lowest BCUT2D eigenvalue weighted by atomic mass is 10.0. The number of carbonyl (C=O) groups excluding carboxylic acids is 1. The number of aliphatic hydroxyl groups excluding tert-OH is 1. The summed E-state index contributed by atoms with van der Waals surface area (Å²) in [6, 6.07) is -0.621. The molecule has 4 N–H and O–H groups in total. The van der Waals surface area contributed by atoms with Crippen molar-refractivity contribution in [3.8, 4) is 0 Å². The van der Waals surface area contributed by atoms with Crippen LogP contribution in [0.25, 0.3) is 0 Å². The third-order valence-corrected chi connectivity index (χ3v) is 2.16. The Kier molecular flexibility index (Phi) is 8.13. The number of hydrogen-bond acceptors (Lipinski definition) is 3. The molecule has 0 aliphatic heterocycles. The Morgan fingerprint density at radius 2 is 1.94 bits per heavy atom. The summed E-state index contributed by atoms with van der Waals surface area (Å²) < 4.78 is 0. The Morgan fingerprint density at radius 1 is 1.29 bits per heavy atom. The van der Waals surface area contributed by atoms with Gasteiger partial charge in [0.25, 0.3) is 0 Å². The zero-order chi connectivity index (χ0) is 13.3. The van der Waals surface area contributed by atoms with Gasteiger partial charge in [0.1, 0.15) is 0 Å². The summed E-state index contributed by atoms with van der Waals surface area (Å²) in [7, 11) is 0. The molecule has 0 saturated carbocycles. The Balaban J connectivity index is 3.71. The summed E-state index contributed by atoms with van der Waals surface area (Å²) in [5, 5.41) is 22.6. The Hall–Kier alpha value is -1.30. The lowest BCUT2D eigenvalue weighted by molar-refractivity contribution is -0.137. The van der Waals surface area contributed by atoms with Crippen LogP contribution in [0.2, 0.25) is 0 Å². The van der Waals surface area contributed by atoms with E-state index in [-0.39, 0.29) is 25.1 Å². The highest BCUT2D eigenvalue weighted by Gasteiger charge is 2.12. The number of hydrogen-bond donors (Lipinski definition) is 4. The zero-order valence-corrected chi connectivity index (χ0v) is 10.4. The summed E-state index contributed by atoms with van der Waals surface area (Å²) in [5.74, 6) is -0.486. The molecule has 0 aliphatic carbocycles. The van der Waals surface area contributed by atoms with Gasteiger partial charge < -0.3 is 20.8 Å². The van der Waals surface area contributed by atoms with Crippen molar-refractivity contribution in [1.82, 2.24) is 10.6 Å². The highest BCUT2D eigenvalue weighted by Crippen LogP contribution is 2.03. The van der Waals surface area contributed by atoms with E-state index in [4.69, 9.17) is 10.2 Å². The first-order valence-corrected chi connectivity index (χ1v) is 5.82. The van der Waals surface area contributed by atoms with Crippen LogP contribution in [0.3, 0.4) is 0 Å². The maximum atomic E-state index is 11.4. The smallest absolute Gasteiger partial charge is 0.315 e. The van der Waals surface area contributed by atoms with Crippen LogP contribution in [0.4, 0.5) is 4.79 Å². The van der Waals surface area contributed by atoms with Crippen LogP contribution in [0, 0.1) is 5.92 Å². The van der Waals surface area contributed by atoms with Gasteiger partial charge in [0.05, 0.1) is 12.6 Å².